The highest BCUT2D eigenvalue weighted by Crippen LogP contribution is 2.33. The van der Waals surface area contributed by atoms with Crippen molar-refractivity contribution in [3.05, 3.63) is 48.6 Å². The Labute approximate surface area is 111 Å². The van der Waals surface area contributed by atoms with Crippen LogP contribution in [0.5, 0.6) is 0 Å². The monoisotopic (exact) mass is 259 g/mol. The highest BCUT2D eigenvalue weighted by atomic mass is 32.2. The van der Waals surface area contributed by atoms with E-state index in [1.165, 1.54) is 11.6 Å². The molecule has 3 nitrogen and oxygen atoms in total. The second kappa shape index (κ2) is 4.61. The maximum atomic E-state index is 12.1. The normalized spacial score (nSPS) is 22.2. The van der Waals surface area contributed by atoms with Crippen LogP contribution in [-0.2, 0) is 4.79 Å². The lowest BCUT2D eigenvalue weighted by atomic mass is 10.1. The second-order valence-corrected chi connectivity index (χ2v) is 5.48. The van der Waals surface area contributed by atoms with E-state index < -0.39 is 0 Å². The Bertz CT molecular complexity index is 524. The average Bonchev–Trinajstić information content (AvgIpc) is 2.98. The summed E-state index contributed by atoms with van der Waals surface area (Å²) in [6.45, 7) is 5.54. The minimum absolute atomic E-state index is 0.00393. The molecule has 0 radical (unpaired) electrons. The predicted molar refractivity (Wildman–Crippen MR) is 73.7 cm³/mol. The van der Waals surface area contributed by atoms with Crippen LogP contribution in [0.4, 0.5) is 0 Å². The van der Waals surface area contributed by atoms with Gasteiger partial charge in [0.1, 0.15) is 6.54 Å². The van der Waals surface area contributed by atoms with Crippen LogP contribution in [0.15, 0.2) is 43.0 Å². The summed E-state index contributed by atoms with van der Waals surface area (Å²) in [5.74, 6) is 1.06. The van der Waals surface area contributed by atoms with Gasteiger partial charge in [0, 0.05) is 17.4 Å². The summed E-state index contributed by atoms with van der Waals surface area (Å²) in [4.78, 5) is 14.0. The summed E-state index contributed by atoms with van der Waals surface area (Å²) in [5.41, 5.74) is 1.19. The fourth-order valence-corrected chi connectivity index (χ4v) is 3.72. The average molecular weight is 259 g/mol. The van der Waals surface area contributed by atoms with Crippen LogP contribution in [0.3, 0.4) is 0 Å². The molecule has 0 saturated heterocycles. The Morgan fingerprint density at radius 2 is 2.22 bits per heavy atom. The number of rotatable bonds is 2. The van der Waals surface area contributed by atoms with E-state index in [9.17, 15) is 4.79 Å². The van der Waals surface area contributed by atoms with E-state index in [1.54, 1.807) is 11.8 Å². The van der Waals surface area contributed by atoms with Gasteiger partial charge >= 0.3 is 11.1 Å². The van der Waals surface area contributed by atoms with Crippen LogP contribution in [0.25, 0.3) is 0 Å². The van der Waals surface area contributed by atoms with Gasteiger partial charge in [-0.05, 0) is 11.8 Å². The Balaban J connectivity index is 1.97. The van der Waals surface area contributed by atoms with Gasteiger partial charge in [0.25, 0.3) is 0 Å². The van der Waals surface area contributed by atoms with Gasteiger partial charge in [0.2, 0.25) is 0 Å². The lowest BCUT2D eigenvalue weighted by Gasteiger charge is -2.17. The first-order valence-corrected chi connectivity index (χ1v) is 7.05. The van der Waals surface area contributed by atoms with Crippen molar-refractivity contribution in [3.8, 4) is 0 Å². The number of amidine groups is 1. The molecule has 2 aliphatic rings. The first-order valence-electron chi connectivity index (χ1n) is 6.06. The van der Waals surface area contributed by atoms with Crippen molar-refractivity contribution in [2.24, 2.45) is 0 Å². The maximum absolute atomic E-state index is 12.1. The molecule has 1 amide bonds. The van der Waals surface area contributed by atoms with Crippen LogP contribution in [0.2, 0.25) is 0 Å². The van der Waals surface area contributed by atoms with Gasteiger partial charge in [-0.2, -0.15) is 4.90 Å². The van der Waals surface area contributed by atoms with E-state index in [0.717, 1.165) is 24.0 Å². The molecule has 0 aliphatic carbocycles. The minimum atomic E-state index is -0.00393. The number of carbonyl (C=O) groups is 1. The third-order valence-electron chi connectivity index (χ3n) is 3.37. The number of thioether (sulfide) groups is 1. The third kappa shape index (κ3) is 1.77. The molecule has 0 aromatic heterocycles. The third-order valence-corrected chi connectivity index (χ3v) is 4.47. The molecular formula is C14H15N2OS+. The summed E-state index contributed by atoms with van der Waals surface area (Å²) < 4.78 is 2.30. The molecule has 18 heavy (non-hydrogen) atoms. The molecule has 1 atom stereocenters. The maximum Gasteiger partial charge on any atom is 0.334 e. The molecule has 1 aromatic rings. The Kier molecular flexibility index (Phi) is 2.96. The summed E-state index contributed by atoms with van der Waals surface area (Å²) in [6, 6.07) is 10.3. The van der Waals surface area contributed by atoms with Crippen molar-refractivity contribution in [2.45, 2.75) is 6.04 Å². The van der Waals surface area contributed by atoms with E-state index in [1.807, 2.05) is 23.1 Å². The molecule has 3 rings (SSSR count). The first-order chi connectivity index (χ1) is 8.81. The van der Waals surface area contributed by atoms with Crippen LogP contribution in [-0.4, -0.2) is 39.4 Å². The molecule has 1 aromatic carbocycles. The predicted octanol–water partition coefficient (Wildman–Crippen LogP) is 1.87. The number of carbonyl (C=O) groups excluding carboxylic acids is 1. The number of hydrogen-bond donors (Lipinski definition) is 0. The minimum Gasteiger partial charge on any atom is -0.250 e. The zero-order valence-electron chi connectivity index (χ0n) is 10.1. The van der Waals surface area contributed by atoms with Crippen molar-refractivity contribution < 1.29 is 9.37 Å². The standard InChI is InChI=1S/C14H15N2OS/c1-2-13(17)16-12(11-6-4-3-5-7-11)10-15-8-9-18-14(15)16/h2-7,12H,1,8-10H2/q+1/t12-/m1/s1. The van der Waals surface area contributed by atoms with Gasteiger partial charge in [0.05, 0.1) is 6.54 Å². The fourth-order valence-electron chi connectivity index (χ4n) is 2.52. The van der Waals surface area contributed by atoms with E-state index >= 15 is 0 Å². The van der Waals surface area contributed by atoms with Crippen LogP contribution in [0.1, 0.15) is 11.6 Å². The lowest BCUT2D eigenvalue weighted by molar-refractivity contribution is -0.511. The number of amides is 1. The Morgan fingerprint density at radius 1 is 1.44 bits per heavy atom. The summed E-state index contributed by atoms with van der Waals surface area (Å²) >= 11 is 1.76. The lowest BCUT2D eigenvalue weighted by Crippen LogP contribution is -2.34. The van der Waals surface area contributed by atoms with Crippen LogP contribution in [0, 0.1) is 0 Å². The van der Waals surface area contributed by atoms with E-state index in [0.29, 0.717) is 0 Å². The molecule has 92 valence electrons. The summed E-state index contributed by atoms with van der Waals surface area (Å²) in [5, 5.41) is 1.09. The zero-order valence-corrected chi connectivity index (χ0v) is 10.9. The molecule has 2 heterocycles. The zero-order chi connectivity index (χ0) is 12.5. The summed E-state index contributed by atoms with van der Waals surface area (Å²) in [6.07, 6.45) is 1.41. The van der Waals surface area contributed by atoms with Crippen molar-refractivity contribution in [2.75, 3.05) is 18.8 Å². The Morgan fingerprint density at radius 3 is 2.94 bits per heavy atom. The fraction of sp³-hybridized carbons (Fsp3) is 0.286. The quantitative estimate of drug-likeness (QED) is 0.598. The van der Waals surface area contributed by atoms with Crippen molar-refractivity contribution >= 4 is 22.8 Å². The molecule has 0 spiro atoms. The smallest absolute Gasteiger partial charge is 0.250 e. The van der Waals surface area contributed by atoms with Gasteiger partial charge in [-0.1, -0.05) is 36.9 Å². The Hall–Kier alpha value is -1.55. The molecule has 0 unspecified atom stereocenters. The van der Waals surface area contributed by atoms with Gasteiger partial charge in [-0.25, -0.2) is 4.79 Å². The van der Waals surface area contributed by atoms with E-state index in [4.69, 9.17) is 0 Å². The molecule has 4 heteroatoms. The van der Waals surface area contributed by atoms with Crippen molar-refractivity contribution in [1.82, 2.24) is 4.90 Å². The van der Waals surface area contributed by atoms with Gasteiger partial charge in [-0.3, -0.25) is 4.58 Å². The van der Waals surface area contributed by atoms with Gasteiger partial charge in [-0.15, -0.1) is 0 Å². The van der Waals surface area contributed by atoms with E-state index in [-0.39, 0.29) is 11.9 Å². The second-order valence-electron chi connectivity index (χ2n) is 4.42. The molecule has 0 saturated carbocycles. The van der Waals surface area contributed by atoms with Gasteiger partial charge < -0.3 is 0 Å². The van der Waals surface area contributed by atoms with Crippen LogP contribution < -0.4 is 0 Å². The molecule has 0 bridgehead atoms. The highest BCUT2D eigenvalue weighted by Gasteiger charge is 2.46. The number of nitrogens with zero attached hydrogens (tertiary/aromatic N) is 2. The van der Waals surface area contributed by atoms with Crippen LogP contribution >= 0.6 is 11.8 Å². The highest BCUT2D eigenvalue weighted by molar-refractivity contribution is 8.13. The van der Waals surface area contributed by atoms with Crippen molar-refractivity contribution in [3.63, 3.8) is 0 Å². The molecule has 0 N–H and O–H groups in total. The number of benzene rings is 1. The molecular weight excluding hydrogens is 244 g/mol. The van der Waals surface area contributed by atoms with Gasteiger partial charge in [0.15, 0.2) is 6.04 Å². The SMILES string of the molecule is C=CC(=O)N1C2=[N+](CCS2)C[C@@H]1c1ccccc1. The first kappa shape index (κ1) is 11.5. The number of hydrogen-bond acceptors (Lipinski definition) is 2. The molecule has 2 aliphatic heterocycles. The largest absolute Gasteiger partial charge is 0.334 e. The van der Waals surface area contributed by atoms with E-state index in [2.05, 4.69) is 23.3 Å². The topological polar surface area (TPSA) is 23.3 Å². The van der Waals surface area contributed by atoms with Crippen molar-refractivity contribution in [1.29, 1.82) is 0 Å². The molecule has 0 fully saturated rings. The summed E-state index contributed by atoms with van der Waals surface area (Å²) in [7, 11) is 0.